The molecule has 0 spiro atoms. The molecule has 1 unspecified atom stereocenters. The lowest BCUT2D eigenvalue weighted by Gasteiger charge is -2.51. The van der Waals surface area contributed by atoms with Gasteiger partial charge in [0.2, 0.25) is 0 Å². The zero-order valence-electron chi connectivity index (χ0n) is 14.0. The van der Waals surface area contributed by atoms with Gasteiger partial charge in [-0.15, -0.1) is 6.58 Å². The van der Waals surface area contributed by atoms with Gasteiger partial charge in [0.05, 0.1) is 13.8 Å². The highest BCUT2D eigenvalue weighted by Gasteiger charge is 2.58. The third-order valence-electron chi connectivity index (χ3n) is 5.36. The van der Waals surface area contributed by atoms with Crippen LogP contribution in [0.15, 0.2) is 12.7 Å². The number of rotatable bonds is 4. The highest BCUT2D eigenvalue weighted by Crippen LogP contribution is 2.42. The molecule has 130 valence electrons. The lowest BCUT2D eigenvalue weighted by molar-refractivity contribution is -0.324. The number of hydrogen-bond donors (Lipinski definition) is 5. The van der Waals surface area contributed by atoms with E-state index in [4.69, 9.17) is 4.74 Å². The van der Waals surface area contributed by atoms with Crippen LogP contribution in [0.2, 0.25) is 18.1 Å². The van der Waals surface area contributed by atoms with Crippen LogP contribution < -0.4 is 0 Å². The van der Waals surface area contributed by atoms with Gasteiger partial charge in [0.25, 0.3) is 0 Å². The van der Waals surface area contributed by atoms with E-state index >= 15 is 0 Å². The van der Waals surface area contributed by atoms with Crippen LogP contribution in [0.5, 0.6) is 0 Å². The molecular formula is C15H30O6Si. The summed E-state index contributed by atoms with van der Waals surface area (Å²) >= 11 is 0. The fourth-order valence-corrected chi connectivity index (χ4v) is 4.56. The lowest BCUT2D eigenvalue weighted by atomic mass is 9.81. The summed E-state index contributed by atoms with van der Waals surface area (Å²) in [5.74, 6) is 0. The van der Waals surface area contributed by atoms with Crippen molar-refractivity contribution in [1.82, 2.24) is 0 Å². The lowest BCUT2D eigenvalue weighted by Crippen LogP contribution is -2.71. The Balaban J connectivity index is 3.17. The summed E-state index contributed by atoms with van der Waals surface area (Å²) in [4.78, 5) is 0. The minimum atomic E-state index is -2.33. The van der Waals surface area contributed by atoms with Gasteiger partial charge in [-0.1, -0.05) is 39.9 Å². The molecule has 0 aromatic rings. The second-order valence-corrected chi connectivity index (χ2v) is 13.3. The number of ether oxygens (including phenoxy) is 1. The Bertz CT molecular complexity index is 407. The monoisotopic (exact) mass is 334 g/mol. The topological polar surface area (TPSA) is 110 Å². The van der Waals surface area contributed by atoms with Crippen molar-refractivity contribution in [3.05, 3.63) is 12.7 Å². The van der Waals surface area contributed by atoms with Crippen molar-refractivity contribution < 1.29 is 30.3 Å². The Labute approximate surface area is 133 Å². The molecule has 5 N–H and O–H groups in total. The Morgan fingerprint density at radius 2 is 1.73 bits per heavy atom. The third-order valence-corrected chi connectivity index (χ3v) is 11.0. The molecule has 0 amide bonds. The van der Waals surface area contributed by atoms with Crippen LogP contribution in [0.3, 0.4) is 0 Å². The van der Waals surface area contributed by atoms with Crippen molar-refractivity contribution in [2.75, 3.05) is 0 Å². The second-order valence-electron chi connectivity index (χ2n) is 7.78. The molecule has 0 aromatic carbocycles. The zero-order chi connectivity index (χ0) is 17.5. The molecule has 7 heteroatoms. The fourth-order valence-electron chi connectivity index (χ4n) is 2.59. The van der Waals surface area contributed by atoms with Crippen molar-refractivity contribution >= 4 is 8.07 Å². The van der Waals surface area contributed by atoms with E-state index in [2.05, 4.69) is 6.58 Å². The Morgan fingerprint density at radius 3 is 2.14 bits per heavy atom. The van der Waals surface area contributed by atoms with E-state index < -0.39 is 44.0 Å². The van der Waals surface area contributed by atoms with Crippen LogP contribution in [0, 0.1) is 0 Å². The molecule has 0 aromatic heterocycles. The number of aliphatic hydroxyl groups excluding tert-OH is 4. The normalized spacial score (nSPS) is 38.6. The standard InChI is InChI=1S/C15H30O6Si/c1-7-8-15(20)10(16)9(21-12(18)11(15)17)13(19)22(5,6)14(2,3)4/h7,9-13,16-20H,1,8H2,2-6H3/t9-,10-,11-,12-,13?,15-/m0/s1. The van der Waals surface area contributed by atoms with E-state index in [1.165, 1.54) is 6.08 Å². The minimum Gasteiger partial charge on any atom is -0.394 e. The highest BCUT2D eigenvalue weighted by molar-refractivity contribution is 6.81. The molecule has 0 bridgehead atoms. The number of aliphatic hydroxyl groups is 5. The molecule has 0 aliphatic carbocycles. The molecular weight excluding hydrogens is 304 g/mol. The molecule has 6 atom stereocenters. The summed E-state index contributed by atoms with van der Waals surface area (Å²) in [6.07, 6.45) is -4.85. The first-order valence-electron chi connectivity index (χ1n) is 7.51. The SMILES string of the molecule is C=CC[C@]1(O)[C@@H](O)[C@@H](C(O)[Si](C)(C)C(C)(C)C)O[C@H](O)[C@@H]1O. The van der Waals surface area contributed by atoms with Gasteiger partial charge in [-0.25, -0.2) is 0 Å². The van der Waals surface area contributed by atoms with E-state index in [9.17, 15) is 25.5 Å². The average Bonchev–Trinajstić information content (AvgIpc) is 2.39. The number of hydrogen-bond acceptors (Lipinski definition) is 6. The van der Waals surface area contributed by atoms with Gasteiger partial charge in [-0.2, -0.15) is 0 Å². The summed E-state index contributed by atoms with van der Waals surface area (Å²) in [5, 5.41) is 51.4. The Morgan fingerprint density at radius 1 is 1.23 bits per heavy atom. The molecule has 0 saturated carbocycles. The molecule has 1 fully saturated rings. The largest absolute Gasteiger partial charge is 0.394 e. The average molecular weight is 334 g/mol. The van der Waals surface area contributed by atoms with Crippen LogP contribution in [0.25, 0.3) is 0 Å². The van der Waals surface area contributed by atoms with Gasteiger partial charge in [0, 0.05) is 0 Å². The van der Waals surface area contributed by atoms with Crippen molar-refractivity contribution in [3.8, 4) is 0 Å². The van der Waals surface area contributed by atoms with Crippen LogP contribution in [-0.4, -0.2) is 69.5 Å². The van der Waals surface area contributed by atoms with Gasteiger partial charge < -0.3 is 30.3 Å². The molecule has 1 aliphatic heterocycles. The molecule has 22 heavy (non-hydrogen) atoms. The van der Waals surface area contributed by atoms with E-state index in [0.717, 1.165) is 0 Å². The van der Waals surface area contributed by atoms with E-state index in [-0.39, 0.29) is 11.5 Å². The van der Waals surface area contributed by atoms with Gasteiger partial charge in [-0.05, 0) is 11.5 Å². The molecule has 1 aliphatic rings. The van der Waals surface area contributed by atoms with Crippen molar-refractivity contribution in [2.45, 2.75) is 81.3 Å². The van der Waals surface area contributed by atoms with Crippen LogP contribution in [0.4, 0.5) is 0 Å². The Kier molecular flexibility index (Phi) is 5.67. The predicted molar refractivity (Wildman–Crippen MR) is 85.9 cm³/mol. The third kappa shape index (κ3) is 3.16. The summed E-state index contributed by atoms with van der Waals surface area (Å²) in [6, 6.07) is 0. The molecule has 1 rings (SSSR count). The quantitative estimate of drug-likeness (QED) is 0.369. The molecule has 1 heterocycles. The highest BCUT2D eigenvalue weighted by atomic mass is 28.3. The van der Waals surface area contributed by atoms with E-state index in [1.807, 2.05) is 33.9 Å². The fraction of sp³-hybridized carbons (Fsp3) is 0.867. The minimum absolute atomic E-state index is 0.128. The first kappa shape index (κ1) is 19.8. The van der Waals surface area contributed by atoms with Crippen LogP contribution in [-0.2, 0) is 4.74 Å². The molecule has 0 radical (unpaired) electrons. The van der Waals surface area contributed by atoms with E-state index in [0.29, 0.717) is 0 Å². The van der Waals surface area contributed by atoms with Crippen molar-refractivity contribution in [1.29, 1.82) is 0 Å². The van der Waals surface area contributed by atoms with Crippen molar-refractivity contribution in [3.63, 3.8) is 0 Å². The molecule has 1 saturated heterocycles. The Hall–Kier alpha value is -0.283. The first-order valence-corrected chi connectivity index (χ1v) is 10.6. The zero-order valence-corrected chi connectivity index (χ0v) is 15.0. The van der Waals surface area contributed by atoms with Gasteiger partial charge in [-0.3, -0.25) is 0 Å². The summed E-state index contributed by atoms with van der Waals surface area (Å²) in [5.41, 5.74) is -3.03. The van der Waals surface area contributed by atoms with Gasteiger partial charge >= 0.3 is 0 Å². The summed E-state index contributed by atoms with van der Waals surface area (Å²) in [6.45, 7) is 13.4. The molecule has 6 nitrogen and oxygen atoms in total. The summed E-state index contributed by atoms with van der Waals surface area (Å²) in [7, 11) is -2.33. The maximum Gasteiger partial charge on any atom is 0.184 e. The van der Waals surface area contributed by atoms with Gasteiger partial charge in [0.15, 0.2) is 6.29 Å². The smallest absolute Gasteiger partial charge is 0.184 e. The van der Waals surface area contributed by atoms with Crippen molar-refractivity contribution in [2.24, 2.45) is 0 Å². The predicted octanol–water partition coefficient (Wildman–Crippen LogP) is 0.141. The van der Waals surface area contributed by atoms with Gasteiger partial charge in [0.1, 0.15) is 23.9 Å². The maximum absolute atomic E-state index is 10.8. The summed E-state index contributed by atoms with van der Waals surface area (Å²) < 4.78 is 5.24. The van der Waals surface area contributed by atoms with Crippen LogP contribution in [0.1, 0.15) is 27.2 Å². The maximum atomic E-state index is 10.8. The second kappa shape index (κ2) is 6.31. The van der Waals surface area contributed by atoms with Crippen LogP contribution >= 0.6 is 0 Å². The van der Waals surface area contributed by atoms with E-state index in [1.54, 1.807) is 0 Å². The first-order chi connectivity index (χ1) is 9.80.